The summed E-state index contributed by atoms with van der Waals surface area (Å²) in [6.45, 7) is 3.82. The highest BCUT2D eigenvalue weighted by Crippen LogP contribution is 2.11. The molecule has 0 radical (unpaired) electrons. The van der Waals surface area contributed by atoms with Crippen LogP contribution in [0.3, 0.4) is 0 Å². The van der Waals surface area contributed by atoms with Gasteiger partial charge in [0, 0.05) is 13.0 Å². The van der Waals surface area contributed by atoms with E-state index in [1.165, 1.54) is 13.0 Å². The van der Waals surface area contributed by atoms with Crippen molar-refractivity contribution in [3.05, 3.63) is 11.7 Å². The third-order valence-corrected chi connectivity index (χ3v) is 1.96. The Balaban J connectivity index is 2.89. The first kappa shape index (κ1) is 13.0. The van der Waals surface area contributed by atoms with Gasteiger partial charge in [-0.3, -0.25) is 10.2 Å². The second-order valence-corrected chi connectivity index (χ2v) is 3.50. The third kappa shape index (κ3) is 3.78. The Bertz CT molecular complexity index is 455. The smallest absolute Gasteiger partial charge is 0.260 e. The molecule has 0 aliphatic carbocycles. The van der Waals surface area contributed by atoms with Gasteiger partial charge in [0.25, 0.3) is 5.62 Å². The molecule has 0 atom stereocenters. The van der Waals surface area contributed by atoms with Gasteiger partial charge in [0.2, 0.25) is 11.8 Å². The maximum Gasteiger partial charge on any atom is 0.260 e. The van der Waals surface area contributed by atoms with Gasteiger partial charge in [-0.25, -0.2) is 0 Å². The van der Waals surface area contributed by atoms with Crippen LogP contribution in [0.2, 0.25) is 0 Å². The molecule has 17 heavy (non-hydrogen) atoms. The van der Waals surface area contributed by atoms with Crippen LogP contribution in [0.5, 0.6) is 5.88 Å². The Morgan fingerprint density at radius 2 is 2.41 bits per heavy atom. The van der Waals surface area contributed by atoms with Crippen molar-refractivity contribution < 1.29 is 14.7 Å². The second kappa shape index (κ2) is 5.88. The molecule has 1 aromatic rings. The van der Waals surface area contributed by atoms with Crippen molar-refractivity contribution in [3.63, 3.8) is 0 Å². The van der Waals surface area contributed by atoms with Crippen LogP contribution in [0.25, 0.3) is 0 Å². The van der Waals surface area contributed by atoms with Gasteiger partial charge in [-0.2, -0.15) is 4.98 Å². The zero-order valence-electron chi connectivity index (χ0n) is 9.86. The molecule has 0 aliphatic rings. The lowest BCUT2D eigenvalue weighted by molar-refractivity contribution is -0.114. The first-order valence-electron chi connectivity index (χ1n) is 5.33. The molecule has 1 rings (SSSR count). The molecule has 1 heterocycles. The fourth-order valence-corrected chi connectivity index (χ4v) is 1.14. The molecule has 0 saturated carbocycles. The maximum absolute atomic E-state index is 10.9. The minimum absolute atomic E-state index is 0.0593. The number of hydrogen-bond acceptors (Lipinski definition) is 5. The van der Waals surface area contributed by atoms with Gasteiger partial charge in [0.15, 0.2) is 5.82 Å². The highest BCUT2D eigenvalue weighted by Gasteiger charge is 2.07. The summed E-state index contributed by atoms with van der Waals surface area (Å²) in [5.41, 5.74) is -0.400. The third-order valence-electron chi connectivity index (χ3n) is 1.96. The zero-order chi connectivity index (χ0) is 12.8. The van der Waals surface area contributed by atoms with Gasteiger partial charge in [0.1, 0.15) is 0 Å². The number of carbonyl (C=O) groups is 1. The zero-order valence-corrected chi connectivity index (χ0v) is 9.86. The topological polar surface area (TPSA) is 100 Å². The Kier molecular flexibility index (Phi) is 4.50. The second-order valence-electron chi connectivity index (χ2n) is 3.50. The quantitative estimate of drug-likeness (QED) is 0.522. The maximum atomic E-state index is 10.9. The van der Waals surface area contributed by atoms with Crippen LogP contribution in [0.15, 0.2) is 6.07 Å². The van der Waals surface area contributed by atoms with Gasteiger partial charge >= 0.3 is 0 Å². The van der Waals surface area contributed by atoms with Gasteiger partial charge in [-0.1, -0.05) is 13.3 Å². The minimum atomic E-state index is -0.400. The lowest BCUT2D eigenvalue weighted by atomic mass is 10.4. The standard InChI is InChI=1S/C10H16N4O3/c1-3-4-5-17-9-6-8(12-7(2)15)14(16)10(11)13-9/h6,11,16H,3-5H2,1-2H3,(H,12,15). The molecule has 1 amide bonds. The Morgan fingerprint density at radius 3 is 3.00 bits per heavy atom. The molecule has 0 aromatic carbocycles. The average molecular weight is 240 g/mol. The van der Waals surface area contributed by atoms with Crippen molar-refractivity contribution in [3.8, 4) is 5.88 Å². The largest absolute Gasteiger partial charge is 0.477 e. The summed E-state index contributed by atoms with van der Waals surface area (Å²) in [5, 5.41) is 19.2. The van der Waals surface area contributed by atoms with Crippen molar-refractivity contribution in [2.24, 2.45) is 0 Å². The van der Waals surface area contributed by atoms with E-state index in [0.717, 1.165) is 12.8 Å². The van der Waals surface area contributed by atoms with Crippen molar-refractivity contribution >= 4 is 11.7 Å². The van der Waals surface area contributed by atoms with E-state index in [4.69, 9.17) is 10.1 Å². The lowest BCUT2D eigenvalue weighted by Gasteiger charge is -2.10. The van der Waals surface area contributed by atoms with Gasteiger partial charge < -0.3 is 15.3 Å². The number of carbonyl (C=O) groups excluding carboxylic acids is 1. The predicted octanol–water partition coefficient (Wildman–Crippen LogP) is 0.737. The number of amides is 1. The first-order valence-corrected chi connectivity index (χ1v) is 5.33. The predicted molar refractivity (Wildman–Crippen MR) is 60.0 cm³/mol. The van der Waals surface area contributed by atoms with Crippen LogP contribution >= 0.6 is 0 Å². The number of aromatic nitrogens is 2. The van der Waals surface area contributed by atoms with E-state index in [-0.39, 0.29) is 17.6 Å². The Labute approximate surface area is 98.5 Å². The van der Waals surface area contributed by atoms with Crippen LogP contribution in [0.1, 0.15) is 26.7 Å². The normalized spacial score (nSPS) is 10.0. The minimum Gasteiger partial charge on any atom is -0.477 e. The van der Waals surface area contributed by atoms with E-state index in [2.05, 4.69) is 10.3 Å². The van der Waals surface area contributed by atoms with Crippen molar-refractivity contribution in [1.82, 2.24) is 9.71 Å². The average Bonchev–Trinajstić information content (AvgIpc) is 2.25. The van der Waals surface area contributed by atoms with E-state index in [1.807, 2.05) is 6.92 Å². The highest BCUT2D eigenvalue weighted by atomic mass is 16.5. The van der Waals surface area contributed by atoms with E-state index in [9.17, 15) is 10.0 Å². The molecule has 3 N–H and O–H groups in total. The summed E-state index contributed by atoms with van der Waals surface area (Å²) in [7, 11) is 0. The summed E-state index contributed by atoms with van der Waals surface area (Å²) in [4.78, 5) is 14.6. The van der Waals surface area contributed by atoms with E-state index in [0.29, 0.717) is 11.3 Å². The van der Waals surface area contributed by atoms with E-state index < -0.39 is 5.62 Å². The van der Waals surface area contributed by atoms with E-state index >= 15 is 0 Å². The van der Waals surface area contributed by atoms with Gasteiger partial charge in [0.05, 0.1) is 6.61 Å². The SMILES string of the molecule is CCCCOc1cc(NC(C)=O)n(O)c(=N)n1. The molecule has 0 bridgehead atoms. The molecule has 0 spiro atoms. The molecule has 7 nitrogen and oxygen atoms in total. The van der Waals surface area contributed by atoms with Crippen LogP contribution < -0.4 is 15.7 Å². The van der Waals surface area contributed by atoms with Crippen LogP contribution in [0.4, 0.5) is 5.82 Å². The number of anilines is 1. The van der Waals surface area contributed by atoms with Crippen LogP contribution in [-0.2, 0) is 4.79 Å². The summed E-state index contributed by atoms with van der Waals surface area (Å²) >= 11 is 0. The molecular weight excluding hydrogens is 224 g/mol. The Morgan fingerprint density at radius 1 is 1.71 bits per heavy atom. The molecule has 0 aliphatic heterocycles. The number of nitrogens with one attached hydrogen (secondary N) is 2. The summed E-state index contributed by atoms with van der Waals surface area (Å²) in [5.74, 6) is -0.0839. The fraction of sp³-hybridized carbons (Fsp3) is 0.500. The molecule has 0 fully saturated rings. The van der Waals surface area contributed by atoms with Crippen molar-refractivity contribution in [2.75, 3.05) is 11.9 Å². The summed E-state index contributed by atoms with van der Waals surface area (Å²) < 4.78 is 5.78. The highest BCUT2D eigenvalue weighted by molar-refractivity contribution is 5.87. The van der Waals surface area contributed by atoms with Crippen LogP contribution in [-0.4, -0.2) is 27.4 Å². The van der Waals surface area contributed by atoms with Crippen molar-refractivity contribution in [1.29, 1.82) is 5.41 Å². The monoisotopic (exact) mass is 240 g/mol. The van der Waals surface area contributed by atoms with Gasteiger partial charge in [-0.15, -0.1) is 4.73 Å². The summed E-state index contributed by atoms with van der Waals surface area (Å²) in [6.07, 6.45) is 1.86. The number of nitrogens with zero attached hydrogens (tertiary/aromatic N) is 2. The fourth-order valence-electron chi connectivity index (χ4n) is 1.14. The number of rotatable bonds is 5. The van der Waals surface area contributed by atoms with E-state index in [1.54, 1.807) is 0 Å². The van der Waals surface area contributed by atoms with Crippen LogP contribution in [0, 0.1) is 5.41 Å². The number of hydrogen-bond donors (Lipinski definition) is 3. The molecule has 1 aromatic heterocycles. The van der Waals surface area contributed by atoms with Crippen molar-refractivity contribution in [2.45, 2.75) is 26.7 Å². The first-order chi connectivity index (χ1) is 8.04. The lowest BCUT2D eigenvalue weighted by Crippen LogP contribution is -2.26. The molecular formula is C10H16N4O3. The molecule has 0 unspecified atom stereocenters. The Hall–Kier alpha value is -2.05. The molecule has 0 saturated heterocycles. The molecule has 94 valence electrons. The number of unbranched alkanes of at least 4 members (excludes halogenated alkanes) is 1. The van der Waals surface area contributed by atoms with Gasteiger partial charge in [-0.05, 0) is 6.42 Å². The number of ether oxygens (including phenoxy) is 1. The molecule has 7 heteroatoms. The summed E-state index contributed by atoms with van der Waals surface area (Å²) in [6, 6.07) is 1.37.